The summed E-state index contributed by atoms with van der Waals surface area (Å²) in [6, 6.07) is 22.1. The van der Waals surface area contributed by atoms with E-state index in [1.54, 1.807) is 31.4 Å². The van der Waals surface area contributed by atoms with Crippen LogP contribution in [0.3, 0.4) is 0 Å². The Bertz CT molecular complexity index is 1390. The van der Waals surface area contributed by atoms with Gasteiger partial charge in [0, 0.05) is 11.5 Å². The molecule has 6 rings (SSSR count). The molecular formula is C29H23NO5. The zero-order valence-electron chi connectivity index (χ0n) is 19.3. The molecule has 3 aliphatic rings. The van der Waals surface area contributed by atoms with Crippen LogP contribution in [0.1, 0.15) is 22.6 Å². The number of methoxy groups -OCH3 is 1. The van der Waals surface area contributed by atoms with Crippen molar-refractivity contribution in [1.82, 2.24) is 0 Å². The number of anilines is 1. The molecule has 35 heavy (non-hydrogen) atoms. The molecule has 0 saturated carbocycles. The van der Waals surface area contributed by atoms with Gasteiger partial charge in [-0.15, -0.1) is 0 Å². The Morgan fingerprint density at radius 3 is 2.29 bits per heavy atom. The van der Waals surface area contributed by atoms with Gasteiger partial charge in [0.1, 0.15) is 11.5 Å². The highest BCUT2D eigenvalue weighted by molar-refractivity contribution is 6.24. The average Bonchev–Trinajstić information content (AvgIpc) is 3.14. The Kier molecular flexibility index (Phi) is 4.85. The summed E-state index contributed by atoms with van der Waals surface area (Å²) >= 11 is 0. The number of amides is 2. The molecule has 174 valence electrons. The quantitative estimate of drug-likeness (QED) is 0.323. The third-order valence-corrected chi connectivity index (χ3v) is 7.27. The first-order valence-electron chi connectivity index (χ1n) is 11.6. The van der Waals surface area contributed by atoms with Crippen molar-refractivity contribution in [1.29, 1.82) is 0 Å². The summed E-state index contributed by atoms with van der Waals surface area (Å²) in [5.41, 5.74) is 3.89. The maximum atomic E-state index is 13.8. The number of benzene rings is 3. The number of hydrogen-bond acceptors (Lipinski definition) is 5. The number of carbonyl (C=O) groups excluding carboxylic acids is 3. The Hall–Kier alpha value is -4.19. The summed E-state index contributed by atoms with van der Waals surface area (Å²) in [6.45, 7) is 1.93. The van der Waals surface area contributed by atoms with Crippen LogP contribution in [0.5, 0.6) is 11.5 Å². The molecule has 2 aliphatic heterocycles. The number of esters is 1. The maximum Gasteiger partial charge on any atom is 0.319 e. The topological polar surface area (TPSA) is 72.9 Å². The third kappa shape index (κ3) is 3.21. The van der Waals surface area contributed by atoms with Gasteiger partial charge in [-0.3, -0.25) is 14.4 Å². The predicted molar refractivity (Wildman–Crippen MR) is 130 cm³/mol. The molecular weight excluding hydrogens is 442 g/mol. The van der Waals surface area contributed by atoms with Crippen LogP contribution in [-0.2, 0) is 14.4 Å². The summed E-state index contributed by atoms with van der Waals surface area (Å²) in [6.07, 6.45) is 1.99. The first-order valence-corrected chi connectivity index (χ1v) is 11.6. The van der Waals surface area contributed by atoms with Gasteiger partial charge in [0.25, 0.3) is 0 Å². The predicted octanol–water partition coefficient (Wildman–Crippen LogP) is 4.53. The molecule has 0 aromatic heterocycles. The average molecular weight is 466 g/mol. The molecule has 3 aromatic rings. The molecule has 1 saturated heterocycles. The molecule has 1 fully saturated rings. The van der Waals surface area contributed by atoms with Crippen molar-refractivity contribution in [2.45, 2.75) is 12.8 Å². The molecule has 3 aromatic carbocycles. The van der Waals surface area contributed by atoms with E-state index in [1.807, 2.05) is 61.5 Å². The minimum Gasteiger partial charge on any atom is -0.497 e. The number of rotatable bonds is 3. The standard InChI is InChI=1S/C29H23NO5/c1-16-8-13-20-22-15-21(17-9-11-19(34-2)12-10-17)24-26(25(22)29(33)35-23(20)14-16)28(32)30(27(24)31)18-6-4-3-5-7-18/h3-15,21,24-26H,1-2H3/t21-,24-,25-,26-/m0/s1. The monoisotopic (exact) mass is 465 g/mol. The molecule has 0 spiro atoms. The number of ether oxygens (including phenoxy) is 2. The summed E-state index contributed by atoms with van der Waals surface area (Å²) < 4.78 is 11.0. The second kappa shape index (κ2) is 7.94. The minimum absolute atomic E-state index is 0.301. The molecule has 2 amide bonds. The Balaban J connectivity index is 1.55. The van der Waals surface area contributed by atoms with Crippen LogP contribution in [0.15, 0.2) is 78.9 Å². The first-order chi connectivity index (χ1) is 17.0. The molecule has 1 aliphatic carbocycles. The fourth-order valence-electron chi connectivity index (χ4n) is 5.65. The third-order valence-electron chi connectivity index (χ3n) is 7.27. The second-order valence-electron chi connectivity index (χ2n) is 9.22. The largest absolute Gasteiger partial charge is 0.497 e. The van der Waals surface area contributed by atoms with Crippen molar-refractivity contribution in [3.8, 4) is 11.5 Å². The normalized spacial score (nSPS) is 24.8. The van der Waals surface area contributed by atoms with E-state index in [0.717, 1.165) is 22.3 Å². The molecule has 0 radical (unpaired) electrons. The van der Waals surface area contributed by atoms with Crippen molar-refractivity contribution in [2.24, 2.45) is 17.8 Å². The number of hydrogen-bond donors (Lipinski definition) is 0. The van der Waals surface area contributed by atoms with Crippen molar-refractivity contribution >= 4 is 29.0 Å². The van der Waals surface area contributed by atoms with Crippen LogP contribution in [-0.4, -0.2) is 24.9 Å². The minimum atomic E-state index is -0.850. The van der Waals surface area contributed by atoms with Crippen LogP contribution in [0.4, 0.5) is 5.69 Å². The maximum absolute atomic E-state index is 13.8. The number of allylic oxidation sites excluding steroid dienone is 1. The molecule has 0 unspecified atom stereocenters. The lowest BCUT2D eigenvalue weighted by molar-refractivity contribution is -0.142. The zero-order valence-corrected chi connectivity index (χ0v) is 19.3. The Morgan fingerprint density at radius 1 is 0.857 bits per heavy atom. The van der Waals surface area contributed by atoms with E-state index < -0.39 is 23.7 Å². The fourth-order valence-corrected chi connectivity index (χ4v) is 5.65. The lowest BCUT2D eigenvalue weighted by Gasteiger charge is -2.38. The zero-order chi connectivity index (χ0) is 24.3. The van der Waals surface area contributed by atoms with E-state index in [2.05, 4.69) is 0 Å². The Morgan fingerprint density at radius 2 is 1.57 bits per heavy atom. The van der Waals surface area contributed by atoms with Crippen LogP contribution in [0.25, 0.3) is 5.57 Å². The summed E-state index contributed by atoms with van der Waals surface area (Å²) in [5, 5.41) is 0. The van der Waals surface area contributed by atoms with E-state index in [1.165, 1.54) is 4.90 Å². The first kappa shape index (κ1) is 21.4. The van der Waals surface area contributed by atoms with E-state index in [-0.39, 0.29) is 17.7 Å². The molecule has 4 atom stereocenters. The fraction of sp³-hybridized carbons (Fsp3) is 0.207. The van der Waals surface area contributed by atoms with Gasteiger partial charge >= 0.3 is 5.97 Å². The van der Waals surface area contributed by atoms with Gasteiger partial charge in [-0.1, -0.05) is 48.5 Å². The highest BCUT2D eigenvalue weighted by Gasteiger charge is 2.60. The highest BCUT2D eigenvalue weighted by atomic mass is 16.5. The van der Waals surface area contributed by atoms with Crippen LogP contribution >= 0.6 is 0 Å². The second-order valence-corrected chi connectivity index (χ2v) is 9.22. The SMILES string of the molecule is COc1ccc([C@@H]2C=C3c4ccc(C)cc4OC(=O)[C@@H]3[C@H]3C(=O)N(c4ccccc4)C(=O)[C@H]32)cc1. The summed E-state index contributed by atoms with van der Waals surface area (Å²) in [7, 11) is 1.60. The number of carbonyl (C=O) groups is 3. The number of para-hydroxylation sites is 1. The molecule has 0 bridgehead atoms. The van der Waals surface area contributed by atoms with Crippen molar-refractivity contribution in [3.63, 3.8) is 0 Å². The number of nitrogens with zero attached hydrogens (tertiary/aromatic N) is 1. The van der Waals surface area contributed by atoms with Gasteiger partial charge in [0.15, 0.2) is 0 Å². The number of fused-ring (bicyclic) bond motifs is 5. The van der Waals surface area contributed by atoms with Gasteiger partial charge in [-0.25, -0.2) is 4.90 Å². The van der Waals surface area contributed by atoms with Crippen LogP contribution in [0.2, 0.25) is 0 Å². The molecule has 6 heteroatoms. The van der Waals surface area contributed by atoms with E-state index in [4.69, 9.17) is 9.47 Å². The highest BCUT2D eigenvalue weighted by Crippen LogP contribution is 2.54. The molecule has 6 nitrogen and oxygen atoms in total. The lowest BCUT2D eigenvalue weighted by atomic mass is 9.64. The van der Waals surface area contributed by atoms with Crippen LogP contribution < -0.4 is 14.4 Å². The molecule has 2 heterocycles. The van der Waals surface area contributed by atoms with Gasteiger partial charge in [0.05, 0.1) is 30.6 Å². The van der Waals surface area contributed by atoms with E-state index in [9.17, 15) is 14.4 Å². The van der Waals surface area contributed by atoms with Crippen molar-refractivity contribution in [3.05, 3.63) is 95.6 Å². The van der Waals surface area contributed by atoms with E-state index in [0.29, 0.717) is 17.2 Å². The van der Waals surface area contributed by atoms with Gasteiger partial charge in [0.2, 0.25) is 11.8 Å². The van der Waals surface area contributed by atoms with Crippen molar-refractivity contribution in [2.75, 3.05) is 12.0 Å². The Labute approximate surface area is 202 Å². The van der Waals surface area contributed by atoms with Gasteiger partial charge < -0.3 is 9.47 Å². The summed E-state index contributed by atoms with van der Waals surface area (Å²) in [5.74, 6) is -2.76. The summed E-state index contributed by atoms with van der Waals surface area (Å²) in [4.78, 5) is 42.2. The smallest absolute Gasteiger partial charge is 0.319 e. The van der Waals surface area contributed by atoms with Gasteiger partial charge in [-0.2, -0.15) is 0 Å². The lowest BCUT2D eigenvalue weighted by Crippen LogP contribution is -2.42. The molecule has 0 N–H and O–H groups in total. The van der Waals surface area contributed by atoms with Crippen LogP contribution in [0, 0.1) is 24.7 Å². The number of aryl methyl sites for hydroxylation is 1. The van der Waals surface area contributed by atoms with E-state index >= 15 is 0 Å². The van der Waals surface area contributed by atoms with Crippen molar-refractivity contribution < 1.29 is 23.9 Å². The number of imide groups is 1. The van der Waals surface area contributed by atoms with Gasteiger partial charge in [-0.05, 0) is 54.0 Å².